The van der Waals surface area contributed by atoms with Crippen molar-refractivity contribution in [2.24, 2.45) is 0 Å². The Bertz CT molecular complexity index is 353. The van der Waals surface area contributed by atoms with Crippen molar-refractivity contribution in [2.75, 3.05) is 24.7 Å². The molecule has 4 heteroatoms. The van der Waals surface area contributed by atoms with E-state index in [1.54, 1.807) is 0 Å². The van der Waals surface area contributed by atoms with Crippen molar-refractivity contribution in [3.63, 3.8) is 0 Å². The minimum Gasteiger partial charge on any atom is -0.375 e. The number of aromatic nitrogens is 1. The van der Waals surface area contributed by atoms with Gasteiger partial charge in [0.2, 0.25) is 0 Å². The summed E-state index contributed by atoms with van der Waals surface area (Å²) in [7, 11) is 0. The average Bonchev–Trinajstić information content (AvgIpc) is 2.38. The van der Waals surface area contributed by atoms with Crippen molar-refractivity contribution >= 4 is 11.8 Å². The van der Waals surface area contributed by atoms with Crippen LogP contribution in [0.3, 0.4) is 0 Å². The number of hydrogen-bond donors (Lipinski definition) is 1. The first-order valence-electron chi connectivity index (χ1n) is 6.16. The van der Waals surface area contributed by atoms with Crippen LogP contribution in [0.2, 0.25) is 0 Å². The number of thioether (sulfide) groups is 1. The SMILES string of the molecule is CCNC(c1cnccc1C)C1CSCCO1. The second-order valence-corrected chi connectivity index (χ2v) is 5.40. The molecule has 1 aliphatic rings. The molecule has 1 N–H and O–H groups in total. The molecule has 0 bridgehead atoms. The van der Waals surface area contributed by atoms with Gasteiger partial charge in [0.25, 0.3) is 0 Å². The summed E-state index contributed by atoms with van der Waals surface area (Å²) in [6.45, 7) is 6.08. The van der Waals surface area contributed by atoms with E-state index in [2.05, 4.69) is 30.2 Å². The molecular weight excluding hydrogens is 232 g/mol. The van der Waals surface area contributed by atoms with Crippen LogP contribution >= 0.6 is 11.8 Å². The predicted molar refractivity (Wildman–Crippen MR) is 72.5 cm³/mol. The highest BCUT2D eigenvalue weighted by Crippen LogP contribution is 2.26. The van der Waals surface area contributed by atoms with Crippen LogP contribution in [-0.4, -0.2) is 35.7 Å². The van der Waals surface area contributed by atoms with E-state index in [0.717, 1.165) is 24.7 Å². The Kier molecular flexibility index (Phi) is 4.83. The zero-order valence-electron chi connectivity index (χ0n) is 10.5. The second kappa shape index (κ2) is 6.38. The minimum atomic E-state index is 0.261. The Hall–Kier alpha value is -0.580. The van der Waals surface area contributed by atoms with Gasteiger partial charge >= 0.3 is 0 Å². The van der Waals surface area contributed by atoms with E-state index >= 15 is 0 Å². The van der Waals surface area contributed by atoms with Crippen LogP contribution in [0, 0.1) is 6.92 Å². The van der Waals surface area contributed by atoms with Crippen LogP contribution in [0.5, 0.6) is 0 Å². The summed E-state index contributed by atoms with van der Waals surface area (Å²) in [4.78, 5) is 4.24. The number of nitrogens with zero attached hydrogens (tertiary/aromatic N) is 1. The minimum absolute atomic E-state index is 0.261. The van der Waals surface area contributed by atoms with E-state index in [9.17, 15) is 0 Å². The molecular formula is C13H20N2OS. The maximum Gasteiger partial charge on any atom is 0.0860 e. The molecule has 0 aromatic carbocycles. The number of rotatable bonds is 4. The van der Waals surface area contributed by atoms with Gasteiger partial charge in [-0.05, 0) is 30.7 Å². The second-order valence-electron chi connectivity index (χ2n) is 4.25. The first kappa shape index (κ1) is 12.9. The Morgan fingerprint density at radius 3 is 3.18 bits per heavy atom. The Labute approximate surface area is 107 Å². The summed E-state index contributed by atoms with van der Waals surface area (Å²) >= 11 is 1.97. The summed E-state index contributed by atoms with van der Waals surface area (Å²) in [6.07, 6.45) is 4.07. The van der Waals surface area contributed by atoms with Crippen molar-refractivity contribution in [3.05, 3.63) is 29.6 Å². The lowest BCUT2D eigenvalue weighted by atomic mass is 9.99. The standard InChI is InChI=1S/C13H20N2OS/c1-3-15-13(12-9-17-7-6-16-12)11-8-14-5-4-10(11)2/h4-5,8,12-13,15H,3,6-7,9H2,1-2H3. The van der Waals surface area contributed by atoms with E-state index in [1.807, 2.05) is 24.2 Å². The molecule has 0 spiro atoms. The third-order valence-corrected chi connectivity index (χ3v) is 4.07. The molecule has 0 saturated carbocycles. The number of pyridine rings is 1. The first-order valence-corrected chi connectivity index (χ1v) is 7.31. The van der Waals surface area contributed by atoms with E-state index < -0.39 is 0 Å². The summed E-state index contributed by atoms with van der Waals surface area (Å²) in [5, 5.41) is 3.53. The van der Waals surface area contributed by atoms with Crippen molar-refractivity contribution in [1.29, 1.82) is 0 Å². The molecule has 1 aromatic rings. The van der Waals surface area contributed by atoms with E-state index in [1.165, 1.54) is 11.1 Å². The van der Waals surface area contributed by atoms with Crippen molar-refractivity contribution in [3.8, 4) is 0 Å². The molecule has 0 radical (unpaired) electrons. The Balaban J connectivity index is 2.18. The van der Waals surface area contributed by atoms with Crippen LogP contribution in [-0.2, 0) is 4.74 Å². The third-order valence-electron chi connectivity index (χ3n) is 3.05. The number of hydrogen-bond acceptors (Lipinski definition) is 4. The van der Waals surface area contributed by atoms with Crippen molar-refractivity contribution in [1.82, 2.24) is 10.3 Å². The van der Waals surface area contributed by atoms with Crippen LogP contribution in [0.4, 0.5) is 0 Å². The van der Waals surface area contributed by atoms with Gasteiger partial charge in [0.15, 0.2) is 0 Å². The van der Waals surface area contributed by atoms with Gasteiger partial charge in [-0.1, -0.05) is 6.92 Å². The highest BCUT2D eigenvalue weighted by Gasteiger charge is 2.26. The lowest BCUT2D eigenvalue weighted by Gasteiger charge is -2.31. The average molecular weight is 252 g/mol. The smallest absolute Gasteiger partial charge is 0.0860 e. The fourth-order valence-corrected chi connectivity index (χ4v) is 3.06. The lowest BCUT2D eigenvalue weighted by Crippen LogP contribution is -2.38. The van der Waals surface area contributed by atoms with Crippen molar-refractivity contribution in [2.45, 2.75) is 26.0 Å². The molecule has 3 nitrogen and oxygen atoms in total. The lowest BCUT2D eigenvalue weighted by molar-refractivity contribution is 0.0469. The molecule has 1 aliphatic heterocycles. The van der Waals surface area contributed by atoms with Crippen LogP contribution in [0.25, 0.3) is 0 Å². The molecule has 1 fully saturated rings. The van der Waals surface area contributed by atoms with Crippen molar-refractivity contribution < 1.29 is 4.74 Å². The molecule has 0 aliphatic carbocycles. The highest BCUT2D eigenvalue weighted by molar-refractivity contribution is 7.99. The summed E-state index contributed by atoms with van der Waals surface area (Å²) in [5.41, 5.74) is 2.55. The molecule has 2 rings (SSSR count). The number of nitrogens with one attached hydrogen (secondary N) is 1. The van der Waals surface area contributed by atoms with Gasteiger partial charge in [0, 0.05) is 23.9 Å². The quantitative estimate of drug-likeness (QED) is 0.890. The van der Waals surface area contributed by atoms with E-state index in [4.69, 9.17) is 4.74 Å². The molecule has 2 unspecified atom stereocenters. The molecule has 1 saturated heterocycles. The molecule has 94 valence electrons. The molecule has 1 aromatic heterocycles. The Morgan fingerprint density at radius 2 is 2.53 bits per heavy atom. The topological polar surface area (TPSA) is 34.2 Å². The third kappa shape index (κ3) is 3.21. The largest absolute Gasteiger partial charge is 0.375 e. The molecule has 17 heavy (non-hydrogen) atoms. The van der Waals surface area contributed by atoms with Gasteiger partial charge in [-0.2, -0.15) is 11.8 Å². The van der Waals surface area contributed by atoms with Crippen LogP contribution in [0.15, 0.2) is 18.5 Å². The number of aryl methyl sites for hydroxylation is 1. The van der Waals surface area contributed by atoms with Gasteiger partial charge < -0.3 is 10.1 Å². The van der Waals surface area contributed by atoms with E-state index in [-0.39, 0.29) is 12.1 Å². The zero-order valence-corrected chi connectivity index (χ0v) is 11.3. The zero-order chi connectivity index (χ0) is 12.1. The Morgan fingerprint density at radius 1 is 1.65 bits per heavy atom. The normalized spacial score (nSPS) is 22.4. The number of ether oxygens (including phenoxy) is 1. The predicted octanol–water partition coefficient (Wildman–Crippen LogP) is 2.17. The van der Waals surface area contributed by atoms with Crippen LogP contribution in [0.1, 0.15) is 24.1 Å². The molecule has 2 atom stereocenters. The maximum absolute atomic E-state index is 5.89. The fourth-order valence-electron chi connectivity index (χ4n) is 2.16. The van der Waals surface area contributed by atoms with Crippen LogP contribution < -0.4 is 5.32 Å². The fraction of sp³-hybridized carbons (Fsp3) is 0.615. The molecule has 0 amide bonds. The van der Waals surface area contributed by atoms with Gasteiger partial charge in [-0.3, -0.25) is 4.98 Å². The number of likely N-dealkylation sites (N-methyl/N-ethyl adjacent to an activating group) is 1. The summed E-state index contributed by atoms with van der Waals surface area (Å²) in [5.74, 6) is 2.17. The van der Waals surface area contributed by atoms with E-state index in [0.29, 0.717) is 0 Å². The van der Waals surface area contributed by atoms with Gasteiger partial charge in [0.1, 0.15) is 0 Å². The van der Waals surface area contributed by atoms with Gasteiger partial charge in [0.05, 0.1) is 18.8 Å². The summed E-state index contributed by atoms with van der Waals surface area (Å²) < 4.78 is 5.89. The monoisotopic (exact) mass is 252 g/mol. The maximum atomic E-state index is 5.89. The first-order chi connectivity index (χ1) is 8.33. The van der Waals surface area contributed by atoms with Gasteiger partial charge in [-0.25, -0.2) is 0 Å². The highest BCUT2D eigenvalue weighted by atomic mass is 32.2. The molecule has 2 heterocycles. The summed E-state index contributed by atoms with van der Waals surface area (Å²) in [6, 6.07) is 2.33. The van der Waals surface area contributed by atoms with Gasteiger partial charge in [-0.15, -0.1) is 0 Å².